The number of aromatic nitrogens is 3. The van der Waals surface area contributed by atoms with Crippen molar-refractivity contribution in [3.8, 4) is 17.0 Å². The van der Waals surface area contributed by atoms with Gasteiger partial charge in [0.25, 0.3) is 0 Å². The number of hydrogen-bond donors (Lipinski definition) is 2. The van der Waals surface area contributed by atoms with Gasteiger partial charge in [-0.25, -0.2) is 4.98 Å². The van der Waals surface area contributed by atoms with E-state index in [1.165, 1.54) is 11.3 Å². The predicted molar refractivity (Wildman–Crippen MR) is 101 cm³/mol. The average Bonchev–Trinajstić information content (AvgIpc) is 3.19. The van der Waals surface area contributed by atoms with Crippen LogP contribution < -0.4 is 4.74 Å². The maximum Gasteiger partial charge on any atom is 0.118 e. The fourth-order valence-corrected chi connectivity index (χ4v) is 3.72. The van der Waals surface area contributed by atoms with Crippen LogP contribution in [0.15, 0.2) is 30.5 Å². The molecule has 2 aromatic heterocycles. The van der Waals surface area contributed by atoms with Gasteiger partial charge in [-0.3, -0.25) is 4.68 Å². The molecule has 2 unspecified atom stereocenters. The van der Waals surface area contributed by atoms with Crippen molar-refractivity contribution in [1.29, 1.82) is 0 Å². The van der Waals surface area contributed by atoms with Crippen LogP contribution in [0.2, 0.25) is 0 Å². The predicted octanol–water partition coefficient (Wildman–Crippen LogP) is 3.48. The van der Waals surface area contributed by atoms with Crippen LogP contribution in [0, 0.1) is 6.92 Å². The number of rotatable bonds is 6. The lowest BCUT2D eigenvalue weighted by atomic mass is 10.1. The van der Waals surface area contributed by atoms with E-state index in [1.807, 2.05) is 37.4 Å². The zero-order valence-corrected chi connectivity index (χ0v) is 16.1. The molecule has 7 heteroatoms. The van der Waals surface area contributed by atoms with E-state index in [4.69, 9.17) is 4.74 Å². The van der Waals surface area contributed by atoms with Gasteiger partial charge in [-0.05, 0) is 38.5 Å². The zero-order chi connectivity index (χ0) is 18.8. The first-order valence-electron chi connectivity index (χ1n) is 8.43. The molecule has 0 aliphatic heterocycles. The number of nitrogens with zero attached hydrogens (tertiary/aromatic N) is 3. The van der Waals surface area contributed by atoms with E-state index in [2.05, 4.69) is 10.1 Å². The number of aryl methyl sites for hydroxylation is 1. The lowest BCUT2D eigenvalue weighted by molar-refractivity contribution is 0.193. The van der Waals surface area contributed by atoms with E-state index in [1.54, 1.807) is 25.6 Å². The second-order valence-electron chi connectivity index (χ2n) is 6.27. The van der Waals surface area contributed by atoms with Crippen LogP contribution >= 0.6 is 11.3 Å². The van der Waals surface area contributed by atoms with Crippen LogP contribution in [0.5, 0.6) is 5.75 Å². The molecule has 3 aromatic rings. The first-order chi connectivity index (χ1) is 12.4. The van der Waals surface area contributed by atoms with Gasteiger partial charge in [0.1, 0.15) is 11.4 Å². The van der Waals surface area contributed by atoms with Gasteiger partial charge in [-0.15, -0.1) is 11.3 Å². The van der Waals surface area contributed by atoms with E-state index in [-0.39, 0.29) is 0 Å². The topological polar surface area (TPSA) is 80.4 Å². The molecule has 0 bridgehead atoms. The Morgan fingerprint density at radius 2 is 1.85 bits per heavy atom. The van der Waals surface area contributed by atoms with Crippen LogP contribution in [0.3, 0.4) is 0 Å². The van der Waals surface area contributed by atoms with Gasteiger partial charge in [0.05, 0.1) is 41.4 Å². The Morgan fingerprint density at radius 3 is 2.42 bits per heavy atom. The van der Waals surface area contributed by atoms with Gasteiger partial charge in [-0.2, -0.15) is 5.10 Å². The molecule has 26 heavy (non-hydrogen) atoms. The van der Waals surface area contributed by atoms with Crippen molar-refractivity contribution in [2.45, 2.75) is 39.5 Å². The second-order valence-corrected chi connectivity index (χ2v) is 7.51. The summed E-state index contributed by atoms with van der Waals surface area (Å²) in [6.07, 6.45) is 0.529. The molecule has 2 N–H and O–H groups in total. The van der Waals surface area contributed by atoms with Crippen LogP contribution in [0.1, 0.15) is 47.2 Å². The number of ether oxygens (including phenoxy) is 1. The van der Waals surface area contributed by atoms with Gasteiger partial charge in [0, 0.05) is 11.8 Å². The number of hydrogen-bond acceptors (Lipinski definition) is 6. The molecule has 0 saturated carbocycles. The molecular weight excluding hydrogens is 350 g/mol. The standard InChI is InChI=1S/C19H23N3O3S/c1-11(23)17-16(18-19(12(2)24)26-13(3)20-18)10-22(21-17)9-14-5-7-15(25-4)8-6-14/h5-8,10-12,23-24H,9H2,1-4H3. The molecule has 138 valence electrons. The number of aliphatic hydroxyl groups excluding tert-OH is 2. The number of thiazole rings is 1. The third-order valence-electron chi connectivity index (χ3n) is 4.08. The summed E-state index contributed by atoms with van der Waals surface area (Å²) in [5, 5.41) is 25.7. The monoisotopic (exact) mass is 373 g/mol. The Balaban J connectivity index is 1.98. The van der Waals surface area contributed by atoms with Crippen molar-refractivity contribution in [1.82, 2.24) is 14.8 Å². The maximum atomic E-state index is 10.2. The van der Waals surface area contributed by atoms with Crippen LogP contribution in [-0.2, 0) is 6.54 Å². The van der Waals surface area contributed by atoms with E-state index < -0.39 is 12.2 Å². The van der Waals surface area contributed by atoms with Gasteiger partial charge in [0.15, 0.2) is 0 Å². The zero-order valence-electron chi connectivity index (χ0n) is 15.3. The molecule has 0 amide bonds. The first kappa shape index (κ1) is 18.6. The Kier molecular flexibility index (Phi) is 5.41. The highest BCUT2D eigenvalue weighted by molar-refractivity contribution is 7.12. The highest BCUT2D eigenvalue weighted by Gasteiger charge is 2.22. The van der Waals surface area contributed by atoms with E-state index in [0.29, 0.717) is 17.9 Å². The highest BCUT2D eigenvalue weighted by Crippen LogP contribution is 2.36. The SMILES string of the molecule is COc1ccc(Cn2cc(-c3nc(C)sc3C(C)O)c(C(C)O)n2)cc1. The summed E-state index contributed by atoms with van der Waals surface area (Å²) in [5.74, 6) is 0.805. The quantitative estimate of drug-likeness (QED) is 0.691. The molecule has 0 fully saturated rings. The molecule has 6 nitrogen and oxygen atoms in total. The van der Waals surface area contributed by atoms with Crippen LogP contribution in [-0.4, -0.2) is 32.1 Å². The molecule has 2 atom stereocenters. The lowest BCUT2D eigenvalue weighted by Gasteiger charge is -2.06. The summed E-state index contributed by atoms with van der Waals surface area (Å²) in [6.45, 7) is 5.88. The van der Waals surface area contributed by atoms with E-state index in [0.717, 1.165) is 26.8 Å². The Labute approximate surface area is 156 Å². The molecule has 0 aliphatic carbocycles. The molecule has 0 aliphatic rings. The summed E-state index contributed by atoms with van der Waals surface area (Å²) < 4.78 is 6.97. The average molecular weight is 373 g/mol. The number of aliphatic hydroxyl groups is 2. The van der Waals surface area contributed by atoms with Crippen molar-refractivity contribution >= 4 is 11.3 Å². The Morgan fingerprint density at radius 1 is 1.15 bits per heavy atom. The molecule has 0 saturated heterocycles. The van der Waals surface area contributed by atoms with Crippen LogP contribution in [0.4, 0.5) is 0 Å². The third-order valence-corrected chi connectivity index (χ3v) is 5.23. The fourth-order valence-electron chi connectivity index (χ4n) is 2.85. The van der Waals surface area contributed by atoms with Crippen molar-refractivity contribution in [2.75, 3.05) is 7.11 Å². The normalized spacial score (nSPS) is 13.6. The summed E-state index contributed by atoms with van der Waals surface area (Å²) in [5.41, 5.74) is 3.08. The van der Waals surface area contributed by atoms with Crippen molar-refractivity contribution in [3.63, 3.8) is 0 Å². The van der Waals surface area contributed by atoms with E-state index in [9.17, 15) is 10.2 Å². The molecule has 1 aromatic carbocycles. The van der Waals surface area contributed by atoms with Crippen molar-refractivity contribution in [3.05, 3.63) is 51.6 Å². The highest BCUT2D eigenvalue weighted by atomic mass is 32.1. The van der Waals surface area contributed by atoms with Gasteiger partial charge >= 0.3 is 0 Å². The fraction of sp³-hybridized carbons (Fsp3) is 0.368. The minimum atomic E-state index is -0.731. The number of methoxy groups -OCH3 is 1. The maximum absolute atomic E-state index is 10.2. The van der Waals surface area contributed by atoms with Crippen molar-refractivity contribution in [2.24, 2.45) is 0 Å². The van der Waals surface area contributed by atoms with Crippen LogP contribution in [0.25, 0.3) is 11.3 Å². The van der Waals surface area contributed by atoms with Gasteiger partial charge in [-0.1, -0.05) is 12.1 Å². The summed E-state index contributed by atoms with van der Waals surface area (Å²) in [6, 6.07) is 7.78. The summed E-state index contributed by atoms with van der Waals surface area (Å²) in [4.78, 5) is 5.35. The summed E-state index contributed by atoms with van der Waals surface area (Å²) in [7, 11) is 1.64. The third kappa shape index (κ3) is 3.80. The largest absolute Gasteiger partial charge is 0.497 e. The minimum absolute atomic E-state index is 0.561. The molecule has 0 spiro atoms. The number of benzene rings is 1. The second kappa shape index (κ2) is 7.57. The smallest absolute Gasteiger partial charge is 0.118 e. The molecular formula is C19H23N3O3S. The summed E-state index contributed by atoms with van der Waals surface area (Å²) >= 11 is 1.46. The Bertz CT molecular complexity index is 882. The molecule has 3 rings (SSSR count). The first-order valence-corrected chi connectivity index (χ1v) is 9.24. The van der Waals surface area contributed by atoms with Gasteiger partial charge < -0.3 is 14.9 Å². The Hall–Kier alpha value is -2.22. The molecule has 0 radical (unpaired) electrons. The molecule has 2 heterocycles. The van der Waals surface area contributed by atoms with Gasteiger partial charge in [0.2, 0.25) is 0 Å². The lowest BCUT2D eigenvalue weighted by Crippen LogP contribution is -2.02. The van der Waals surface area contributed by atoms with E-state index >= 15 is 0 Å². The minimum Gasteiger partial charge on any atom is -0.497 e. The van der Waals surface area contributed by atoms with Crippen molar-refractivity contribution < 1.29 is 14.9 Å².